The summed E-state index contributed by atoms with van der Waals surface area (Å²) in [4.78, 5) is 58.6. The lowest BCUT2D eigenvalue weighted by Crippen LogP contribution is -2.58. The largest absolute Gasteiger partial charge is 0.481 e. The molecule has 0 fully saturated rings. The molecule has 4 atom stereocenters. The van der Waals surface area contributed by atoms with Crippen molar-refractivity contribution in [3.8, 4) is 0 Å². The number of carboxylic acid groups (broad SMARTS) is 2. The average Bonchev–Trinajstić information content (AvgIpc) is 2.64. The Morgan fingerprint density at radius 2 is 1.48 bits per heavy atom. The summed E-state index contributed by atoms with van der Waals surface area (Å²) in [7, 11) is 0. The van der Waals surface area contributed by atoms with E-state index in [1.54, 1.807) is 13.8 Å². The molecule has 0 aromatic heterocycles. The van der Waals surface area contributed by atoms with E-state index in [1.165, 1.54) is 0 Å². The quantitative estimate of drug-likeness (QED) is 0.221. The van der Waals surface area contributed by atoms with Crippen molar-refractivity contribution in [3.63, 3.8) is 0 Å². The van der Waals surface area contributed by atoms with Crippen LogP contribution >= 0.6 is 0 Å². The number of amides is 3. The first kappa shape index (κ1) is 26.3. The van der Waals surface area contributed by atoms with Crippen LogP contribution in [0.1, 0.15) is 47.0 Å². The lowest BCUT2D eigenvalue weighted by atomic mass is 9.97. The molecule has 0 spiro atoms. The van der Waals surface area contributed by atoms with E-state index in [2.05, 4.69) is 16.0 Å². The van der Waals surface area contributed by atoms with Gasteiger partial charge in [-0.1, -0.05) is 34.1 Å². The Bertz CT molecular complexity index is 609. The number of nitrogens with one attached hydrogen (secondary N) is 3. The zero-order valence-electron chi connectivity index (χ0n) is 17.2. The van der Waals surface area contributed by atoms with E-state index in [0.29, 0.717) is 6.42 Å². The van der Waals surface area contributed by atoms with Crippen LogP contribution in [0.15, 0.2) is 0 Å². The lowest BCUT2D eigenvalue weighted by Gasteiger charge is -2.27. The summed E-state index contributed by atoms with van der Waals surface area (Å²) in [5.74, 6) is -4.93. The second-order valence-electron chi connectivity index (χ2n) is 7.25. The van der Waals surface area contributed by atoms with E-state index in [9.17, 15) is 24.0 Å². The van der Waals surface area contributed by atoms with Crippen molar-refractivity contribution < 1.29 is 34.2 Å². The molecule has 3 amide bonds. The van der Waals surface area contributed by atoms with Crippen LogP contribution in [0.5, 0.6) is 0 Å². The zero-order chi connectivity index (χ0) is 22.7. The van der Waals surface area contributed by atoms with Gasteiger partial charge in [0.25, 0.3) is 0 Å². The number of hydrogen-bond donors (Lipinski definition) is 6. The highest BCUT2D eigenvalue weighted by atomic mass is 16.4. The topological polar surface area (TPSA) is 188 Å². The molecule has 0 saturated heterocycles. The number of carbonyl (C=O) groups is 5. The first-order valence-electron chi connectivity index (χ1n) is 9.48. The van der Waals surface area contributed by atoms with Gasteiger partial charge in [0.1, 0.15) is 18.6 Å². The SMILES string of the molecule is CCC(C)C(N)C(=O)NC(C(=O)NC(CCC(=O)O)C(=O)NCC(=O)O)C(C)C. The number of rotatable bonds is 13. The Hall–Kier alpha value is -2.69. The van der Waals surface area contributed by atoms with Gasteiger partial charge in [0, 0.05) is 6.42 Å². The van der Waals surface area contributed by atoms with E-state index < -0.39 is 60.8 Å². The highest BCUT2D eigenvalue weighted by Crippen LogP contribution is 2.09. The molecule has 11 nitrogen and oxygen atoms in total. The molecule has 0 radical (unpaired) electrons. The second kappa shape index (κ2) is 12.7. The molecule has 0 aromatic carbocycles. The third-order valence-corrected chi connectivity index (χ3v) is 4.50. The third-order valence-electron chi connectivity index (χ3n) is 4.50. The van der Waals surface area contributed by atoms with Gasteiger partial charge >= 0.3 is 11.9 Å². The van der Waals surface area contributed by atoms with Gasteiger partial charge in [0.05, 0.1) is 6.04 Å². The summed E-state index contributed by atoms with van der Waals surface area (Å²) in [6.07, 6.45) is 0.0227. The summed E-state index contributed by atoms with van der Waals surface area (Å²) in [5.41, 5.74) is 5.89. The number of nitrogens with two attached hydrogens (primary N) is 1. The van der Waals surface area contributed by atoms with E-state index in [-0.39, 0.29) is 18.3 Å². The standard InChI is InChI=1S/C18H32N4O7/c1-5-10(4)14(19)17(28)22-15(9(2)3)18(29)21-11(6-7-12(23)24)16(27)20-8-13(25)26/h9-11,14-15H,5-8,19H2,1-4H3,(H,20,27)(H,21,29)(H,22,28)(H,23,24)(H,25,26). The molecule has 0 bridgehead atoms. The Kier molecular flexibility index (Phi) is 11.5. The van der Waals surface area contributed by atoms with Gasteiger partial charge in [-0.05, 0) is 18.3 Å². The minimum atomic E-state index is -1.28. The van der Waals surface area contributed by atoms with Crippen molar-refractivity contribution in [2.75, 3.05) is 6.54 Å². The van der Waals surface area contributed by atoms with E-state index in [1.807, 2.05) is 13.8 Å². The molecular formula is C18H32N4O7. The number of hydrogen-bond acceptors (Lipinski definition) is 6. The Labute approximate surface area is 169 Å². The van der Waals surface area contributed by atoms with Crippen molar-refractivity contribution in [2.45, 2.75) is 65.1 Å². The van der Waals surface area contributed by atoms with Crippen LogP contribution in [0, 0.1) is 11.8 Å². The van der Waals surface area contributed by atoms with Gasteiger partial charge in [-0.25, -0.2) is 0 Å². The van der Waals surface area contributed by atoms with Crippen molar-refractivity contribution in [2.24, 2.45) is 17.6 Å². The monoisotopic (exact) mass is 416 g/mol. The molecule has 7 N–H and O–H groups in total. The molecule has 29 heavy (non-hydrogen) atoms. The van der Waals surface area contributed by atoms with E-state index in [0.717, 1.165) is 0 Å². The van der Waals surface area contributed by atoms with Crippen LogP contribution in [0.25, 0.3) is 0 Å². The van der Waals surface area contributed by atoms with Crippen molar-refractivity contribution in [1.82, 2.24) is 16.0 Å². The minimum Gasteiger partial charge on any atom is -0.481 e. The number of carbonyl (C=O) groups excluding carboxylic acids is 3. The van der Waals surface area contributed by atoms with Crippen molar-refractivity contribution >= 4 is 29.7 Å². The van der Waals surface area contributed by atoms with Crippen LogP contribution in [0.3, 0.4) is 0 Å². The molecule has 0 aliphatic rings. The molecular weight excluding hydrogens is 384 g/mol. The smallest absolute Gasteiger partial charge is 0.322 e. The summed E-state index contributed by atoms with van der Waals surface area (Å²) in [5, 5.41) is 24.6. The van der Waals surface area contributed by atoms with E-state index in [4.69, 9.17) is 15.9 Å². The van der Waals surface area contributed by atoms with Crippen LogP contribution in [-0.2, 0) is 24.0 Å². The highest BCUT2D eigenvalue weighted by Gasteiger charge is 2.31. The molecule has 0 saturated carbocycles. The molecule has 0 aromatic rings. The molecule has 0 aliphatic heterocycles. The van der Waals surface area contributed by atoms with Gasteiger partial charge in [-0.2, -0.15) is 0 Å². The fraction of sp³-hybridized carbons (Fsp3) is 0.722. The van der Waals surface area contributed by atoms with Gasteiger partial charge in [0.15, 0.2) is 0 Å². The lowest BCUT2D eigenvalue weighted by molar-refractivity contribution is -0.140. The third kappa shape index (κ3) is 9.88. The Morgan fingerprint density at radius 1 is 0.897 bits per heavy atom. The minimum absolute atomic E-state index is 0.101. The number of aliphatic carboxylic acids is 2. The Morgan fingerprint density at radius 3 is 1.93 bits per heavy atom. The van der Waals surface area contributed by atoms with Gasteiger partial charge in [0.2, 0.25) is 17.7 Å². The Balaban J connectivity index is 5.25. The second-order valence-corrected chi connectivity index (χ2v) is 7.25. The highest BCUT2D eigenvalue weighted by molar-refractivity contribution is 5.94. The first-order valence-corrected chi connectivity index (χ1v) is 9.48. The summed E-state index contributed by atoms with van der Waals surface area (Å²) in [6, 6.07) is -3.08. The normalized spacial score (nSPS) is 15.0. The molecule has 0 aliphatic carbocycles. The van der Waals surface area contributed by atoms with Crippen LogP contribution in [0.2, 0.25) is 0 Å². The van der Waals surface area contributed by atoms with Gasteiger partial charge in [-0.3, -0.25) is 24.0 Å². The fourth-order valence-corrected chi connectivity index (χ4v) is 2.38. The van der Waals surface area contributed by atoms with Crippen molar-refractivity contribution in [1.29, 1.82) is 0 Å². The predicted octanol–water partition coefficient (Wildman–Crippen LogP) is -0.949. The molecule has 11 heteroatoms. The van der Waals surface area contributed by atoms with Crippen LogP contribution in [0.4, 0.5) is 0 Å². The van der Waals surface area contributed by atoms with Crippen LogP contribution < -0.4 is 21.7 Å². The van der Waals surface area contributed by atoms with E-state index >= 15 is 0 Å². The zero-order valence-corrected chi connectivity index (χ0v) is 17.2. The summed E-state index contributed by atoms with van der Waals surface area (Å²) >= 11 is 0. The van der Waals surface area contributed by atoms with Crippen molar-refractivity contribution in [3.05, 3.63) is 0 Å². The molecule has 4 unspecified atom stereocenters. The summed E-state index contributed by atoms with van der Waals surface area (Å²) < 4.78 is 0. The summed E-state index contributed by atoms with van der Waals surface area (Å²) in [6.45, 7) is 6.40. The maximum Gasteiger partial charge on any atom is 0.322 e. The maximum atomic E-state index is 12.7. The van der Waals surface area contributed by atoms with Crippen LogP contribution in [-0.4, -0.2) is 64.5 Å². The van der Waals surface area contributed by atoms with Gasteiger partial charge in [-0.15, -0.1) is 0 Å². The van der Waals surface area contributed by atoms with Gasteiger partial charge < -0.3 is 31.9 Å². The predicted molar refractivity (Wildman–Crippen MR) is 104 cm³/mol. The average molecular weight is 416 g/mol. The number of carboxylic acids is 2. The fourth-order valence-electron chi connectivity index (χ4n) is 2.38. The first-order chi connectivity index (χ1) is 13.4. The molecule has 0 heterocycles. The maximum absolute atomic E-state index is 12.7. The molecule has 0 rings (SSSR count). The molecule has 166 valence electrons.